The highest BCUT2D eigenvalue weighted by Crippen LogP contribution is 2.29. The molecule has 2 heteroatoms. The Morgan fingerprint density at radius 2 is 1.93 bits per heavy atom. The molecule has 1 aliphatic carbocycles. The van der Waals surface area contributed by atoms with Gasteiger partial charge in [0.1, 0.15) is 0 Å². The lowest BCUT2D eigenvalue weighted by Crippen LogP contribution is -2.23. The van der Waals surface area contributed by atoms with Gasteiger partial charge in [0.15, 0.2) is 0 Å². The maximum Gasteiger partial charge on any atom is 0.308 e. The molecule has 1 fully saturated rings. The number of carbonyl (C=O) groups excluding carboxylic acids is 1. The van der Waals surface area contributed by atoms with E-state index in [0.717, 1.165) is 12.8 Å². The van der Waals surface area contributed by atoms with Crippen molar-refractivity contribution >= 4 is 5.97 Å². The van der Waals surface area contributed by atoms with E-state index in [2.05, 4.69) is 6.92 Å². The Kier molecular flexibility index (Phi) is 11.3. The zero-order valence-electron chi connectivity index (χ0n) is 10.0. The number of hydrogen-bond acceptors (Lipinski definition) is 2. The molecule has 2 unspecified atom stereocenters. The smallest absolute Gasteiger partial charge is 0.308 e. The van der Waals surface area contributed by atoms with Crippen LogP contribution in [0.25, 0.3) is 0 Å². The average molecular weight is 216 g/mol. The first-order chi connectivity index (χ1) is 6.74. The van der Waals surface area contributed by atoms with Crippen molar-refractivity contribution in [2.24, 2.45) is 11.8 Å². The van der Waals surface area contributed by atoms with Gasteiger partial charge < -0.3 is 4.74 Å². The summed E-state index contributed by atoms with van der Waals surface area (Å²) in [6.07, 6.45) is 4.52. The SMILES string of the molecule is C.CC.CCOC(=O)C1CCCC(C)C1. The molecule has 0 N–H and O–H groups in total. The number of esters is 1. The van der Waals surface area contributed by atoms with E-state index in [9.17, 15) is 4.79 Å². The van der Waals surface area contributed by atoms with E-state index in [1.807, 2.05) is 20.8 Å². The van der Waals surface area contributed by atoms with Crippen LogP contribution < -0.4 is 0 Å². The summed E-state index contributed by atoms with van der Waals surface area (Å²) >= 11 is 0. The monoisotopic (exact) mass is 216 g/mol. The van der Waals surface area contributed by atoms with Gasteiger partial charge in [0.05, 0.1) is 12.5 Å². The first-order valence-electron chi connectivity index (χ1n) is 5.90. The standard InChI is InChI=1S/C10H18O2.C2H6.CH4/c1-3-12-10(11)9-6-4-5-8(2)7-9;1-2;/h8-9H,3-7H2,1-2H3;1-2H3;1H4. The average Bonchev–Trinajstić information content (AvgIpc) is 2.21. The van der Waals surface area contributed by atoms with Crippen LogP contribution in [0.4, 0.5) is 0 Å². The van der Waals surface area contributed by atoms with Crippen LogP contribution in [0.3, 0.4) is 0 Å². The fourth-order valence-electron chi connectivity index (χ4n) is 1.91. The van der Waals surface area contributed by atoms with Crippen molar-refractivity contribution in [1.82, 2.24) is 0 Å². The second-order valence-electron chi connectivity index (χ2n) is 3.72. The molecule has 1 rings (SSSR count). The van der Waals surface area contributed by atoms with Crippen LogP contribution in [-0.4, -0.2) is 12.6 Å². The number of rotatable bonds is 2. The summed E-state index contributed by atoms with van der Waals surface area (Å²) in [5.41, 5.74) is 0. The van der Waals surface area contributed by atoms with Crippen LogP contribution in [0.1, 0.15) is 60.8 Å². The van der Waals surface area contributed by atoms with Gasteiger partial charge in [-0.15, -0.1) is 0 Å². The molecule has 0 aromatic carbocycles. The Labute approximate surface area is 95.4 Å². The molecule has 1 saturated carbocycles. The van der Waals surface area contributed by atoms with Gasteiger partial charge in [-0.05, 0) is 25.7 Å². The summed E-state index contributed by atoms with van der Waals surface area (Å²) in [5.74, 6) is 0.908. The number of ether oxygens (including phenoxy) is 1. The highest BCUT2D eigenvalue weighted by molar-refractivity contribution is 5.72. The molecule has 1 aliphatic rings. The lowest BCUT2D eigenvalue weighted by Gasteiger charge is -2.24. The van der Waals surface area contributed by atoms with E-state index in [0.29, 0.717) is 12.5 Å². The summed E-state index contributed by atoms with van der Waals surface area (Å²) < 4.78 is 4.99. The molecule has 2 nitrogen and oxygen atoms in total. The molecule has 0 spiro atoms. The van der Waals surface area contributed by atoms with Gasteiger partial charge in [-0.3, -0.25) is 4.79 Å². The van der Waals surface area contributed by atoms with Gasteiger partial charge in [-0.2, -0.15) is 0 Å². The van der Waals surface area contributed by atoms with E-state index in [1.165, 1.54) is 12.8 Å². The summed E-state index contributed by atoms with van der Waals surface area (Å²) in [4.78, 5) is 11.3. The van der Waals surface area contributed by atoms with Gasteiger partial charge in [0.2, 0.25) is 0 Å². The van der Waals surface area contributed by atoms with Crippen LogP contribution >= 0.6 is 0 Å². The predicted octanol–water partition coefficient (Wildman–Crippen LogP) is 4.04. The molecule has 15 heavy (non-hydrogen) atoms. The third-order valence-electron chi connectivity index (χ3n) is 2.56. The predicted molar refractivity (Wildman–Crippen MR) is 65.8 cm³/mol. The van der Waals surface area contributed by atoms with Gasteiger partial charge >= 0.3 is 5.97 Å². The van der Waals surface area contributed by atoms with E-state index in [1.54, 1.807) is 0 Å². The van der Waals surface area contributed by atoms with Crippen molar-refractivity contribution in [1.29, 1.82) is 0 Å². The van der Waals surface area contributed by atoms with E-state index < -0.39 is 0 Å². The van der Waals surface area contributed by atoms with Gasteiger partial charge in [0, 0.05) is 0 Å². The molecule has 0 aromatic rings. The van der Waals surface area contributed by atoms with Crippen LogP contribution in [0.2, 0.25) is 0 Å². The molecule has 0 heterocycles. The molecule has 92 valence electrons. The summed E-state index contributed by atoms with van der Waals surface area (Å²) in [6, 6.07) is 0. The fourth-order valence-corrected chi connectivity index (χ4v) is 1.91. The molecular weight excluding hydrogens is 188 g/mol. The Morgan fingerprint density at radius 1 is 1.33 bits per heavy atom. The molecule has 0 bridgehead atoms. The van der Waals surface area contributed by atoms with Crippen molar-refractivity contribution in [3.63, 3.8) is 0 Å². The summed E-state index contributed by atoms with van der Waals surface area (Å²) in [7, 11) is 0. The molecular formula is C13H28O2. The number of carbonyl (C=O) groups is 1. The summed E-state index contributed by atoms with van der Waals surface area (Å²) in [6.45, 7) is 8.60. The third kappa shape index (κ3) is 6.53. The van der Waals surface area contributed by atoms with Crippen molar-refractivity contribution in [2.75, 3.05) is 6.61 Å². The minimum atomic E-state index is 0. The van der Waals surface area contributed by atoms with Crippen LogP contribution in [0, 0.1) is 11.8 Å². The minimum Gasteiger partial charge on any atom is -0.466 e. The highest BCUT2D eigenvalue weighted by Gasteiger charge is 2.25. The molecule has 2 atom stereocenters. The Morgan fingerprint density at radius 3 is 2.40 bits per heavy atom. The topological polar surface area (TPSA) is 26.3 Å². The zero-order valence-corrected chi connectivity index (χ0v) is 10.0. The fraction of sp³-hybridized carbons (Fsp3) is 0.923. The minimum absolute atomic E-state index is 0. The van der Waals surface area contributed by atoms with Gasteiger partial charge in [-0.1, -0.05) is 41.0 Å². The maximum atomic E-state index is 11.3. The Balaban J connectivity index is 0. The van der Waals surface area contributed by atoms with E-state index >= 15 is 0 Å². The zero-order chi connectivity index (χ0) is 11.0. The van der Waals surface area contributed by atoms with Crippen LogP contribution in [0.5, 0.6) is 0 Å². The van der Waals surface area contributed by atoms with Crippen molar-refractivity contribution in [3.8, 4) is 0 Å². The van der Waals surface area contributed by atoms with Crippen LogP contribution in [-0.2, 0) is 9.53 Å². The third-order valence-corrected chi connectivity index (χ3v) is 2.56. The van der Waals surface area contributed by atoms with Crippen molar-refractivity contribution < 1.29 is 9.53 Å². The highest BCUT2D eigenvalue weighted by atomic mass is 16.5. The van der Waals surface area contributed by atoms with Gasteiger partial charge in [-0.25, -0.2) is 0 Å². The quantitative estimate of drug-likeness (QED) is 0.651. The largest absolute Gasteiger partial charge is 0.466 e. The molecule has 0 aliphatic heterocycles. The molecule has 0 radical (unpaired) electrons. The normalized spacial score (nSPS) is 24.3. The first-order valence-corrected chi connectivity index (χ1v) is 5.90. The Bertz CT molecular complexity index is 155. The first kappa shape index (κ1) is 16.9. The summed E-state index contributed by atoms with van der Waals surface area (Å²) in [5, 5.41) is 0. The van der Waals surface area contributed by atoms with Crippen LogP contribution in [0.15, 0.2) is 0 Å². The van der Waals surface area contributed by atoms with E-state index in [4.69, 9.17) is 4.74 Å². The molecule has 0 amide bonds. The maximum absolute atomic E-state index is 11.3. The second kappa shape index (κ2) is 10.0. The second-order valence-corrected chi connectivity index (χ2v) is 3.72. The van der Waals surface area contributed by atoms with Gasteiger partial charge in [0.25, 0.3) is 0 Å². The van der Waals surface area contributed by atoms with Crippen molar-refractivity contribution in [3.05, 3.63) is 0 Å². The Hall–Kier alpha value is -0.530. The molecule has 0 aromatic heterocycles. The molecule has 0 saturated heterocycles. The van der Waals surface area contributed by atoms with E-state index in [-0.39, 0.29) is 19.3 Å². The van der Waals surface area contributed by atoms with Crippen molar-refractivity contribution in [2.45, 2.75) is 60.8 Å². The lowest BCUT2D eigenvalue weighted by molar-refractivity contribution is -0.149. The number of hydrogen-bond donors (Lipinski definition) is 0. The lowest BCUT2D eigenvalue weighted by atomic mass is 9.82.